The molecule has 3 rings (SSSR count). The first-order valence-corrected chi connectivity index (χ1v) is 7.53. The van der Waals surface area contributed by atoms with E-state index in [4.69, 9.17) is 0 Å². The van der Waals surface area contributed by atoms with Crippen LogP contribution in [0.4, 0.5) is 0 Å². The zero-order valence-corrected chi connectivity index (χ0v) is 13.3. The lowest BCUT2D eigenvalue weighted by molar-refractivity contribution is -0.135. The highest BCUT2D eigenvalue weighted by Gasteiger charge is 2.30. The summed E-state index contributed by atoms with van der Waals surface area (Å²) in [4.78, 5) is 24.2. The molecule has 22 heavy (non-hydrogen) atoms. The fourth-order valence-electron chi connectivity index (χ4n) is 2.92. The molecule has 0 bridgehead atoms. The van der Waals surface area contributed by atoms with Gasteiger partial charge in [0.2, 0.25) is 5.91 Å². The molecule has 0 aliphatic carbocycles. The van der Waals surface area contributed by atoms with Gasteiger partial charge in [-0.25, -0.2) is 4.98 Å². The van der Waals surface area contributed by atoms with Crippen molar-refractivity contribution >= 4 is 5.91 Å². The van der Waals surface area contributed by atoms with Gasteiger partial charge >= 0.3 is 0 Å². The number of rotatable bonds is 3. The van der Waals surface area contributed by atoms with Crippen LogP contribution in [0.25, 0.3) is 0 Å². The van der Waals surface area contributed by atoms with Gasteiger partial charge in [-0.3, -0.25) is 14.4 Å². The number of aromatic nitrogens is 4. The number of H-pyrrole nitrogens is 1. The number of imidazole rings is 1. The highest BCUT2D eigenvalue weighted by atomic mass is 16.2. The van der Waals surface area contributed by atoms with Gasteiger partial charge in [-0.2, -0.15) is 5.10 Å². The maximum absolute atomic E-state index is 12.6. The normalized spacial score (nSPS) is 19.6. The van der Waals surface area contributed by atoms with Crippen LogP contribution in [0.5, 0.6) is 0 Å². The Morgan fingerprint density at radius 1 is 1.41 bits per heavy atom. The van der Waals surface area contributed by atoms with E-state index in [-0.39, 0.29) is 11.9 Å². The minimum atomic E-state index is 0.107. The Morgan fingerprint density at radius 3 is 2.86 bits per heavy atom. The van der Waals surface area contributed by atoms with E-state index >= 15 is 0 Å². The summed E-state index contributed by atoms with van der Waals surface area (Å²) in [6.45, 7) is 6.45. The van der Waals surface area contributed by atoms with Gasteiger partial charge in [-0.05, 0) is 27.0 Å². The molecule has 1 fully saturated rings. The second-order valence-electron chi connectivity index (χ2n) is 5.90. The number of likely N-dealkylation sites (N-methyl/N-ethyl adjacent to an activating group) is 1. The number of aryl methyl sites for hydroxylation is 2. The summed E-state index contributed by atoms with van der Waals surface area (Å²) in [5.74, 6) is 1.02. The average molecular weight is 302 g/mol. The van der Waals surface area contributed by atoms with Crippen LogP contribution in [-0.2, 0) is 11.3 Å². The van der Waals surface area contributed by atoms with Gasteiger partial charge in [-0.15, -0.1) is 0 Å². The van der Waals surface area contributed by atoms with E-state index in [0.29, 0.717) is 13.1 Å². The Labute approximate surface area is 129 Å². The monoisotopic (exact) mass is 302 g/mol. The smallest absolute Gasteiger partial charge is 0.244 e. The molecule has 2 aromatic heterocycles. The lowest BCUT2D eigenvalue weighted by Crippen LogP contribution is -2.50. The number of carbonyl (C=O) groups excluding carboxylic acids is 1. The predicted octanol–water partition coefficient (Wildman–Crippen LogP) is 0.738. The second-order valence-corrected chi connectivity index (χ2v) is 5.90. The van der Waals surface area contributed by atoms with Crippen molar-refractivity contribution in [3.8, 4) is 0 Å². The molecular formula is C15H22N6O. The molecule has 0 spiro atoms. The lowest BCUT2D eigenvalue weighted by atomic mass is 10.1. The molecule has 0 aromatic carbocycles. The molecule has 1 amide bonds. The SMILES string of the molecule is Cc1cc(C)n(CC(=O)N2CCN(C)C(c3ncc[nH]3)C2)n1. The number of hydrogen-bond donors (Lipinski definition) is 1. The van der Waals surface area contributed by atoms with Crippen LogP contribution >= 0.6 is 0 Å². The molecule has 0 saturated carbocycles. The number of piperazine rings is 1. The molecule has 2 aromatic rings. The van der Waals surface area contributed by atoms with E-state index in [9.17, 15) is 4.79 Å². The van der Waals surface area contributed by atoms with Crippen molar-refractivity contribution in [1.82, 2.24) is 29.5 Å². The van der Waals surface area contributed by atoms with Crippen LogP contribution in [0.1, 0.15) is 23.3 Å². The minimum Gasteiger partial charge on any atom is -0.347 e. The predicted molar refractivity (Wildman–Crippen MR) is 82.2 cm³/mol. The van der Waals surface area contributed by atoms with Crippen LogP contribution in [-0.4, -0.2) is 62.1 Å². The summed E-state index contributed by atoms with van der Waals surface area (Å²) in [5, 5.41) is 4.37. The minimum absolute atomic E-state index is 0.107. The van der Waals surface area contributed by atoms with Crippen molar-refractivity contribution in [3.63, 3.8) is 0 Å². The van der Waals surface area contributed by atoms with E-state index in [2.05, 4.69) is 27.0 Å². The van der Waals surface area contributed by atoms with Gasteiger partial charge in [0.1, 0.15) is 12.4 Å². The molecule has 1 N–H and O–H groups in total. The zero-order valence-electron chi connectivity index (χ0n) is 13.3. The molecule has 7 heteroatoms. The van der Waals surface area contributed by atoms with Crippen LogP contribution < -0.4 is 0 Å². The summed E-state index contributed by atoms with van der Waals surface area (Å²) in [7, 11) is 2.07. The maximum atomic E-state index is 12.6. The van der Waals surface area contributed by atoms with E-state index < -0.39 is 0 Å². The van der Waals surface area contributed by atoms with Gasteiger partial charge in [0.25, 0.3) is 0 Å². The number of amides is 1. The van der Waals surface area contributed by atoms with Crippen molar-refractivity contribution in [3.05, 3.63) is 35.7 Å². The van der Waals surface area contributed by atoms with Crippen molar-refractivity contribution in [1.29, 1.82) is 0 Å². The molecule has 1 unspecified atom stereocenters. The van der Waals surface area contributed by atoms with Crippen LogP contribution in [0, 0.1) is 13.8 Å². The molecule has 1 aliphatic rings. The number of hydrogen-bond acceptors (Lipinski definition) is 4. The van der Waals surface area contributed by atoms with Crippen molar-refractivity contribution in [2.24, 2.45) is 0 Å². The third-order valence-corrected chi connectivity index (χ3v) is 4.22. The number of nitrogens with zero attached hydrogens (tertiary/aromatic N) is 5. The standard InChI is InChI=1S/C15H22N6O/c1-11-8-12(2)21(18-11)10-14(22)20-7-6-19(3)13(9-20)15-16-4-5-17-15/h4-5,8,13H,6-7,9-10H2,1-3H3,(H,16,17). The molecule has 7 nitrogen and oxygen atoms in total. The Bertz CT molecular complexity index is 647. The van der Waals surface area contributed by atoms with Crippen LogP contribution in [0.2, 0.25) is 0 Å². The molecule has 1 atom stereocenters. The summed E-state index contributed by atoms with van der Waals surface area (Å²) in [5.41, 5.74) is 1.96. The van der Waals surface area contributed by atoms with Gasteiger partial charge in [-0.1, -0.05) is 0 Å². The van der Waals surface area contributed by atoms with E-state index in [1.807, 2.05) is 31.0 Å². The first-order valence-electron chi connectivity index (χ1n) is 7.53. The fraction of sp³-hybridized carbons (Fsp3) is 0.533. The highest BCUT2D eigenvalue weighted by Crippen LogP contribution is 2.21. The van der Waals surface area contributed by atoms with Gasteiger partial charge in [0, 0.05) is 37.7 Å². The second kappa shape index (κ2) is 5.92. The molecule has 3 heterocycles. The number of carbonyl (C=O) groups is 1. The summed E-state index contributed by atoms with van der Waals surface area (Å²) in [6, 6.07) is 2.11. The van der Waals surface area contributed by atoms with Crippen molar-refractivity contribution in [2.45, 2.75) is 26.4 Å². The quantitative estimate of drug-likeness (QED) is 0.908. The summed E-state index contributed by atoms with van der Waals surface area (Å²) < 4.78 is 1.78. The van der Waals surface area contributed by atoms with Crippen LogP contribution in [0.15, 0.2) is 18.5 Å². The Kier molecular flexibility index (Phi) is 3.98. The molecular weight excluding hydrogens is 280 g/mol. The fourth-order valence-corrected chi connectivity index (χ4v) is 2.92. The number of nitrogens with one attached hydrogen (secondary N) is 1. The first kappa shape index (κ1) is 14.8. The molecule has 1 aliphatic heterocycles. The third-order valence-electron chi connectivity index (χ3n) is 4.22. The largest absolute Gasteiger partial charge is 0.347 e. The zero-order chi connectivity index (χ0) is 15.7. The highest BCUT2D eigenvalue weighted by molar-refractivity contribution is 5.76. The summed E-state index contributed by atoms with van der Waals surface area (Å²) in [6.07, 6.45) is 3.57. The van der Waals surface area contributed by atoms with Gasteiger partial charge in [0.05, 0.1) is 11.7 Å². The Hall–Kier alpha value is -2.15. The molecule has 1 saturated heterocycles. The van der Waals surface area contributed by atoms with Gasteiger partial charge in [0.15, 0.2) is 0 Å². The van der Waals surface area contributed by atoms with E-state index in [0.717, 1.165) is 30.3 Å². The number of aromatic amines is 1. The van der Waals surface area contributed by atoms with E-state index in [1.54, 1.807) is 10.9 Å². The average Bonchev–Trinajstić information content (AvgIpc) is 3.10. The van der Waals surface area contributed by atoms with E-state index in [1.165, 1.54) is 0 Å². The Morgan fingerprint density at radius 2 is 2.23 bits per heavy atom. The molecule has 118 valence electrons. The van der Waals surface area contributed by atoms with Crippen LogP contribution in [0.3, 0.4) is 0 Å². The Balaban J connectivity index is 1.69. The maximum Gasteiger partial charge on any atom is 0.244 e. The van der Waals surface area contributed by atoms with Crippen molar-refractivity contribution < 1.29 is 4.79 Å². The third kappa shape index (κ3) is 2.89. The lowest BCUT2D eigenvalue weighted by Gasteiger charge is -2.38. The topological polar surface area (TPSA) is 70.1 Å². The first-order chi connectivity index (χ1) is 10.5. The molecule has 0 radical (unpaired) electrons. The van der Waals surface area contributed by atoms with Crippen molar-refractivity contribution in [2.75, 3.05) is 26.7 Å². The van der Waals surface area contributed by atoms with Gasteiger partial charge < -0.3 is 9.88 Å². The summed E-state index contributed by atoms with van der Waals surface area (Å²) >= 11 is 0.